The van der Waals surface area contributed by atoms with Crippen LogP contribution in [0.25, 0.3) is 0 Å². The van der Waals surface area contributed by atoms with Gasteiger partial charge in [0.05, 0.1) is 19.8 Å². The van der Waals surface area contributed by atoms with Gasteiger partial charge in [-0.2, -0.15) is 0 Å². The SMILES string of the molecule is C#CC#CC#CC#CC#CC#CC#CC#COc1ccc(CCOC(=O)CC(=O)OCCc2ccc(OCCCCCCCCCCCCCCCCCC)cc2)cc1.[HH].[HH].[HH].[HH].[HH].[HH].[HH].[HH].[HH].[HH].[HH].[HH].[HH].[HH].[HH].[HH].[HH].[HH]. The molecule has 6 heteroatoms. The molecule has 2 aromatic rings. The Morgan fingerprint density at radius 3 is 1.27 bits per heavy atom. The van der Waals surface area contributed by atoms with Crippen molar-refractivity contribution in [2.45, 2.75) is 129 Å². The summed E-state index contributed by atoms with van der Waals surface area (Å²) in [7, 11) is 0. The molecule has 0 saturated heterocycles. The molecule has 2 rings (SSSR count). The maximum Gasteiger partial charge on any atom is 0.317 e. The van der Waals surface area contributed by atoms with E-state index >= 15 is 0 Å². The molecule has 0 fully saturated rings. The number of unbranched alkanes of at least 4 members (excludes halogenated alkanes) is 15. The van der Waals surface area contributed by atoms with Gasteiger partial charge < -0.3 is 18.9 Å². The van der Waals surface area contributed by atoms with E-state index in [4.69, 9.17) is 25.4 Å². The lowest BCUT2D eigenvalue weighted by atomic mass is 10.0. The topological polar surface area (TPSA) is 71.1 Å². The van der Waals surface area contributed by atoms with Crippen LogP contribution in [-0.4, -0.2) is 31.8 Å². The van der Waals surface area contributed by atoms with Gasteiger partial charge in [0, 0.05) is 80.0 Å². The molecule has 0 aliphatic rings. The Labute approximate surface area is 381 Å². The molecule has 0 aliphatic carbocycles. The molecule has 0 aliphatic heterocycles. The smallest absolute Gasteiger partial charge is 0.317 e. The van der Waals surface area contributed by atoms with Gasteiger partial charge in [-0.15, -0.1) is 6.42 Å². The molecule has 0 aromatic heterocycles. The first-order valence-corrected chi connectivity index (χ1v) is 20.8. The number of ether oxygens (including phenoxy) is 4. The highest BCUT2D eigenvalue weighted by Crippen LogP contribution is 2.16. The molecule has 0 unspecified atom stereocenters. The van der Waals surface area contributed by atoms with E-state index < -0.39 is 18.4 Å². The van der Waals surface area contributed by atoms with Crippen molar-refractivity contribution >= 4 is 11.9 Å². The van der Waals surface area contributed by atoms with Crippen molar-refractivity contribution in [2.24, 2.45) is 0 Å². The van der Waals surface area contributed by atoms with Crippen molar-refractivity contribution in [2.75, 3.05) is 19.8 Å². The van der Waals surface area contributed by atoms with E-state index in [1.807, 2.05) is 36.4 Å². The Kier molecular flexibility index (Phi) is 29.5. The summed E-state index contributed by atoms with van der Waals surface area (Å²) in [5.41, 5.74) is 1.94. The summed E-state index contributed by atoms with van der Waals surface area (Å²) in [4.78, 5) is 24.3. The van der Waals surface area contributed by atoms with E-state index in [-0.39, 0.29) is 38.9 Å². The minimum absolute atomic E-state index is 0. The Bertz CT molecular complexity index is 2080. The normalized spacial score (nSPS) is 9.08. The average Bonchev–Trinajstić information content (AvgIpc) is 3.24. The van der Waals surface area contributed by atoms with Crippen molar-refractivity contribution in [3.05, 3.63) is 59.7 Å². The van der Waals surface area contributed by atoms with Crippen molar-refractivity contribution < 1.29 is 54.2 Å². The van der Waals surface area contributed by atoms with Gasteiger partial charge in [-0.05, 0) is 83.3 Å². The van der Waals surface area contributed by atoms with Crippen molar-refractivity contribution in [3.8, 4) is 107 Å². The van der Waals surface area contributed by atoms with Gasteiger partial charge in [-0.1, -0.05) is 128 Å². The fraction of sp³-hybridized carbons (Fsp3) is 0.434. The number of hydrogen-bond acceptors (Lipinski definition) is 6. The Morgan fingerprint density at radius 2 is 0.847 bits per heavy atom. The van der Waals surface area contributed by atoms with E-state index in [9.17, 15) is 9.59 Å². The minimum Gasteiger partial charge on any atom is -0.494 e. The fourth-order valence-electron chi connectivity index (χ4n) is 5.59. The van der Waals surface area contributed by atoms with Gasteiger partial charge in [0.25, 0.3) is 0 Å². The maximum absolute atomic E-state index is 12.1. The van der Waals surface area contributed by atoms with Crippen molar-refractivity contribution in [1.82, 2.24) is 0 Å². The molecule has 0 amide bonds. The lowest BCUT2D eigenvalue weighted by Crippen LogP contribution is -2.16. The van der Waals surface area contributed by atoms with Crippen molar-refractivity contribution in [1.29, 1.82) is 0 Å². The summed E-state index contributed by atoms with van der Waals surface area (Å²) in [6.45, 7) is 3.31. The van der Waals surface area contributed by atoms with Crippen LogP contribution in [0.1, 0.15) is 153 Å². The number of benzene rings is 2. The first-order valence-electron chi connectivity index (χ1n) is 20.8. The molecule has 0 saturated carbocycles. The van der Waals surface area contributed by atoms with Gasteiger partial charge in [0.2, 0.25) is 0 Å². The summed E-state index contributed by atoms with van der Waals surface area (Å²) >= 11 is 0. The molecule has 0 heterocycles. The number of hydrogen-bond donors (Lipinski definition) is 0. The fourth-order valence-corrected chi connectivity index (χ4v) is 5.59. The first-order chi connectivity index (χ1) is 29.1. The quantitative estimate of drug-likeness (QED) is 0.0387. The Balaban J connectivity index is -0.000000133. The van der Waals surface area contributed by atoms with E-state index in [0.29, 0.717) is 18.6 Å². The largest absolute Gasteiger partial charge is 0.494 e. The number of carbonyl (C=O) groups excluding carboxylic acids is 2. The van der Waals surface area contributed by atoms with Crippen LogP contribution < -0.4 is 9.47 Å². The zero-order valence-electron chi connectivity index (χ0n) is 34.7. The van der Waals surface area contributed by atoms with Gasteiger partial charge in [0.15, 0.2) is 0 Å². The second-order valence-corrected chi connectivity index (χ2v) is 13.5. The number of esters is 2. The second kappa shape index (κ2) is 35.8. The van der Waals surface area contributed by atoms with Crippen LogP contribution in [0.2, 0.25) is 0 Å². The van der Waals surface area contributed by atoms with E-state index in [1.54, 1.807) is 12.1 Å². The van der Waals surface area contributed by atoms with Gasteiger partial charge in [-0.25, -0.2) is 0 Å². The molecule has 0 radical (unpaired) electrons. The summed E-state index contributed by atoms with van der Waals surface area (Å²) < 4.78 is 21.7. The van der Waals surface area contributed by atoms with Gasteiger partial charge in [-0.3, -0.25) is 9.59 Å². The molecule has 0 spiro atoms. The first kappa shape index (κ1) is 48.6. The minimum atomic E-state index is -0.629. The van der Waals surface area contributed by atoms with Gasteiger partial charge >= 0.3 is 11.9 Å². The predicted molar refractivity (Wildman–Crippen MR) is 274 cm³/mol. The van der Waals surface area contributed by atoms with E-state index in [1.165, 1.54) is 96.3 Å². The molecule has 0 atom stereocenters. The summed E-state index contributed by atoms with van der Waals surface area (Å²) in [6, 6.07) is 15.0. The monoisotopic (exact) mass is 825 g/mol. The van der Waals surface area contributed by atoms with Crippen LogP contribution >= 0.6 is 0 Å². The Morgan fingerprint density at radius 1 is 0.475 bits per heavy atom. The van der Waals surface area contributed by atoms with E-state index in [2.05, 4.69) is 95.9 Å². The summed E-state index contributed by atoms with van der Waals surface area (Å²) in [5.74, 6) is 34.6. The van der Waals surface area contributed by atoms with Crippen LogP contribution in [-0.2, 0) is 31.9 Å². The Hall–Kier alpha value is -6.54. The number of terminal acetylenes is 1. The van der Waals surface area contributed by atoms with E-state index in [0.717, 1.165) is 29.9 Å². The molecule has 2 aromatic carbocycles. The summed E-state index contributed by atoms with van der Waals surface area (Å²) in [6.07, 6.45) is 29.6. The lowest BCUT2D eigenvalue weighted by molar-refractivity contribution is -0.154. The molecule has 0 bridgehead atoms. The molecule has 6 nitrogen and oxygen atoms in total. The highest BCUT2D eigenvalue weighted by atomic mass is 16.6. The zero-order valence-corrected chi connectivity index (χ0v) is 34.7. The van der Waals surface area contributed by atoms with Crippen LogP contribution in [0.15, 0.2) is 48.5 Å². The standard InChI is InChI=1S/C53H56O6.18H2/c1-3-5-7-9-11-13-15-17-19-20-22-24-26-28-30-32-44-57-51-39-35-49(36-40-51)42-46-59-53(55)47-52(54)58-45-41-48-33-37-50(38-34-48)56-43-31-29-27-25-23-21-18-16-14-12-10-8-6-4-2;;;;;;;;;;;;;;;;;;/h2,33-40H,3,5,7,9,11,13,15,17,19-20,22,24,26,28,30,32,41-42,44-47H2,1H3;18*1H. The third kappa shape index (κ3) is 29.4. The third-order valence-electron chi connectivity index (χ3n) is 8.75. The van der Waals surface area contributed by atoms with Crippen LogP contribution in [0.4, 0.5) is 0 Å². The highest BCUT2D eigenvalue weighted by Gasteiger charge is 2.12. The number of carbonyl (C=O) groups is 2. The average molecular weight is 825 g/mol. The molecule has 0 N–H and O–H groups in total. The summed E-state index contributed by atoms with van der Waals surface area (Å²) in [5, 5.41) is 0. The predicted octanol–water partition coefficient (Wildman–Crippen LogP) is 14.0. The molecule has 59 heavy (non-hydrogen) atoms. The molecular weight excluding hydrogens is 733 g/mol. The zero-order chi connectivity index (χ0) is 42.1. The maximum atomic E-state index is 12.1. The van der Waals surface area contributed by atoms with Crippen LogP contribution in [0.5, 0.6) is 11.5 Å². The van der Waals surface area contributed by atoms with Crippen LogP contribution in [0, 0.1) is 95.4 Å². The highest BCUT2D eigenvalue weighted by molar-refractivity contribution is 5.91. The van der Waals surface area contributed by atoms with Gasteiger partial charge in [0.1, 0.15) is 24.0 Å². The van der Waals surface area contributed by atoms with Crippen LogP contribution in [0.3, 0.4) is 0 Å². The molecular formula is C53H92O6. The van der Waals surface area contributed by atoms with Crippen molar-refractivity contribution in [3.63, 3.8) is 0 Å². The second-order valence-electron chi connectivity index (χ2n) is 13.5. The third-order valence-corrected chi connectivity index (χ3v) is 8.75. The number of rotatable bonds is 27. The molecule has 340 valence electrons. The lowest BCUT2D eigenvalue weighted by Gasteiger charge is -2.08.